The first-order valence-corrected chi connectivity index (χ1v) is 8.15. The van der Waals surface area contributed by atoms with Gasteiger partial charge in [-0.25, -0.2) is 9.37 Å². The number of halogens is 1. The maximum Gasteiger partial charge on any atom is 0.221 e. The Morgan fingerprint density at radius 1 is 1.29 bits per heavy atom. The van der Waals surface area contributed by atoms with E-state index in [9.17, 15) is 4.39 Å². The molecule has 24 heavy (non-hydrogen) atoms. The predicted octanol–water partition coefficient (Wildman–Crippen LogP) is 2.00. The quantitative estimate of drug-likeness (QED) is 0.789. The van der Waals surface area contributed by atoms with E-state index in [1.165, 1.54) is 12.1 Å². The van der Waals surface area contributed by atoms with Crippen LogP contribution in [-0.2, 0) is 4.74 Å². The zero-order valence-electron chi connectivity index (χ0n) is 13.5. The molecule has 2 aromatic rings. The van der Waals surface area contributed by atoms with E-state index in [1.54, 1.807) is 12.3 Å². The Hall–Kier alpha value is -2.25. The highest BCUT2D eigenvalue weighted by atomic mass is 19.1. The third-order valence-corrected chi connectivity index (χ3v) is 3.99. The number of ether oxygens (including phenoxy) is 1. The molecule has 0 bridgehead atoms. The summed E-state index contributed by atoms with van der Waals surface area (Å²) >= 11 is 0. The zero-order chi connectivity index (χ0) is 16.8. The van der Waals surface area contributed by atoms with Crippen LogP contribution in [0.1, 0.15) is 6.42 Å². The van der Waals surface area contributed by atoms with Gasteiger partial charge in [-0.15, -0.1) is 0 Å². The van der Waals surface area contributed by atoms with Gasteiger partial charge in [0.2, 0.25) is 5.95 Å². The van der Waals surface area contributed by atoms with Gasteiger partial charge in [0.1, 0.15) is 11.6 Å². The summed E-state index contributed by atoms with van der Waals surface area (Å²) in [6.07, 6.45) is 2.61. The second kappa shape index (κ2) is 8.03. The van der Waals surface area contributed by atoms with E-state index in [0.717, 1.165) is 56.9 Å². The van der Waals surface area contributed by atoms with E-state index in [1.807, 2.05) is 6.07 Å². The van der Waals surface area contributed by atoms with Crippen LogP contribution in [0.3, 0.4) is 0 Å². The topological polar surface area (TPSA) is 76.3 Å². The highest BCUT2D eigenvalue weighted by Crippen LogP contribution is 2.26. The molecular weight excluding hydrogens is 309 g/mol. The third kappa shape index (κ3) is 4.39. The monoisotopic (exact) mass is 331 g/mol. The molecule has 7 heteroatoms. The number of benzene rings is 1. The van der Waals surface area contributed by atoms with Crippen molar-refractivity contribution in [2.75, 3.05) is 50.4 Å². The lowest BCUT2D eigenvalue weighted by Gasteiger charge is -2.26. The molecule has 1 fully saturated rings. The zero-order valence-corrected chi connectivity index (χ0v) is 13.5. The number of aromatic nitrogens is 2. The van der Waals surface area contributed by atoms with E-state index in [4.69, 9.17) is 10.5 Å². The number of morpholine rings is 1. The van der Waals surface area contributed by atoms with Gasteiger partial charge in [-0.3, -0.25) is 4.90 Å². The van der Waals surface area contributed by atoms with E-state index in [-0.39, 0.29) is 11.8 Å². The smallest absolute Gasteiger partial charge is 0.221 e. The summed E-state index contributed by atoms with van der Waals surface area (Å²) in [6, 6.07) is 6.38. The summed E-state index contributed by atoms with van der Waals surface area (Å²) in [6.45, 7) is 5.34. The molecule has 1 aromatic heterocycles. The maximum atomic E-state index is 13.5. The fourth-order valence-corrected chi connectivity index (χ4v) is 2.73. The fourth-order valence-electron chi connectivity index (χ4n) is 2.73. The van der Waals surface area contributed by atoms with Gasteiger partial charge in [0.05, 0.1) is 13.2 Å². The molecule has 0 aliphatic carbocycles. The number of hydrogen-bond donors (Lipinski definition) is 2. The summed E-state index contributed by atoms with van der Waals surface area (Å²) < 4.78 is 18.8. The Morgan fingerprint density at radius 2 is 2.12 bits per heavy atom. The summed E-state index contributed by atoms with van der Waals surface area (Å²) in [7, 11) is 0. The van der Waals surface area contributed by atoms with E-state index in [2.05, 4.69) is 20.2 Å². The van der Waals surface area contributed by atoms with Gasteiger partial charge >= 0.3 is 0 Å². The van der Waals surface area contributed by atoms with Crippen LogP contribution in [0.15, 0.2) is 30.5 Å². The minimum absolute atomic E-state index is 0.200. The van der Waals surface area contributed by atoms with Gasteiger partial charge in [-0.1, -0.05) is 12.1 Å². The van der Waals surface area contributed by atoms with E-state index < -0.39 is 0 Å². The number of hydrogen-bond acceptors (Lipinski definition) is 6. The van der Waals surface area contributed by atoms with Crippen LogP contribution in [0.5, 0.6) is 0 Å². The Morgan fingerprint density at radius 3 is 2.92 bits per heavy atom. The molecule has 1 aliphatic rings. The van der Waals surface area contributed by atoms with Crippen molar-refractivity contribution in [3.63, 3.8) is 0 Å². The normalized spacial score (nSPS) is 15.4. The Bertz CT molecular complexity index is 676. The highest BCUT2D eigenvalue weighted by molar-refractivity contribution is 5.75. The molecule has 0 saturated carbocycles. The van der Waals surface area contributed by atoms with Crippen LogP contribution >= 0.6 is 0 Å². The number of nitrogens with one attached hydrogen (secondary N) is 1. The van der Waals surface area contributed by atoms with Crippen LogP contribution < -0.4 is 11.1 Å². The van der Waals surface area contributed by atoms with Gasteiger partial charge < -0.3 is 15.8 Å². The van der Waals surface area contributed by atoms with E-state index in [0.29, 0.717) is 5.82 Å². The number of nitrogens with zero attached hydrogens (tertiary/aromatic N) is 3. The lowest BCUT2D eigenvalue weighted by atomic mass is 10.1. The van der Waals surface area contributed by atoms with Crippen molar-refractivity contribution in [2.24, 2.45) is 0 Å². The Labute approximate surface area is 140 Å². The second-order valence-electron chi connectivity index (χ2n) is 5.74. The molecule has 1 aliphatic heterocycles. The molecule has 0 unspecified atom stereocenters. The largest absolute Gasteiger partial charge is 0.379 e. The molecule has 1 saturated heterocycles. The lowest BCUT2D eigenvalue weighted by Crippen LogP contribution is -2.37. The number of anilines is 2. The summed E-state index contributed by atoms with van der Waals surface area (Å²) in [5.74, 6) is 0.545. The second-order valence-corrected chi connectivity index (χ2v) is 5.74. The molecule has 0 spiro atoms. The number of nitrogen functional groups attached to an aromatic ring is 1. The molecule has 3 N–H and O–H groups in total. The summed E-state index contributed by atoms with van der Waals surface area (Å²) in [5.41, 5.74) is 7.17. The van der Waals surface area contributed by atoms with E-state index >= 15 is 0 Å². The van der Waals surface area contributed by atoms with Crippen molar-refractivity contribution in [2.45, 2.75) is 6.42 Å². The summed E-state index contributed by atoms with van der Waals surface area (Å²) in [4.78, 5) is 10.7. The van der Waals surface area contributed by atoms with Crippen molar-refractivity contribution < 1.29 is 9.13 Å². The van der Waals surface area contributed by atoms with Crippen molar-refractivity contribution in [1.29, 1.82) is 0 Å². The molecule has 6 nitrogen and oxygen atoms in total. The minimum atomic E-state index is -0.289. The van der Waals surface area contributed by atoms with Gasteiger partial charge in [-0.2, -0.15) is 4.98 Å². The average Bonchev–Trinajstić information content (AvgIpc) is 2.60. The SMILES string of the molecule is Nc1ncc(-c2cccc(F)c2)c(NCCCN2CCOCC2)n1. The van der Waals surface area contributed by atoms with Crippen LogP contribution in [0.25, 0.3) is 11.1 Å². The Kier molecular flexibility index (Phi) is 5.55. The third-order valence-electron chi connectivity index (χ3n) is 3.99. The van der Waals surface area contributed by atoms with Gasteiger partial charge in [-0.05, 0) is 30.7 Å². The molecule has 0 amide bonds. The fraction of sp³-hybridized carbons (Fsp3) is 0.412. The summed E-state index contributed by atoms with van der Waals surface area (Å²) in [5, 5.41) is 3.30. The van der Waals surface area contributed by atoms with Crippen LogP contribution in [0.2, 0.25) is 0 Å². The lowest BCUT2D eigenvalue weighted by molar-refractivity contribution is 0.0378. The van der Waals surface area contributed by atoms with Gasteiger partial charge in [0.15, 0.2) is 0 Å². The van der Waals surface area contributed by atoms with Gasteiger partial charge in [0.25, 0.3) is 0 Å². The van der Waals surface area contributed by atoms with Crippen LogP contribution in [0, 0.1) is 5.82 Å². The first-order chi connectivity index (χ1) is 11.7. The van der Waals surface area contributed by atoms with Crippen LogP contribution in [-0.4, -0.2) is 54.3 Å². The molecule has 128 valence electrons. The first-order valence-electron chi connectivity index (χ1n) is 8.15. The van der Waals surface area contributed by atoms with Crippen molar-refractivity contribution in [1.82, 2.24) is 14.9 Å². The standard InChI is InChI=1S/C17H22FN5O/c18-14-4-1-3-13(11-14)15-12-21-17(19)22-16(15)20-5-2-6-23-7-9-24-10-8-23/h1,3-4,11-12H,2,5-10H2,(H3,19,20,21,22). The first kappa shape index (κ1) is 16.6. The molecule has 3 rings (SSSR count). The maximum absolute atomic E-state index is 13.5. The van der Waals surface area contributed by atoms with Crippen molar-refractivity contribution >= 4 is 11.8 Å². The Balaban J connectivity index is 1.63. The number of rotatable bonds is 6. The van der Waals surface area contributed by atoms with Gasteiger partial charge in [0, 0.05) is 31.4 Å². The van der Waals surface area contributed by atoms with Crippen LogP contribution in [0.4, 0.5) is 16.2 Å². The molecule has 0 radical (unpaired) electrons. The molecule has 1 aromatic carbocycles. The average molecular weight is 331 g/mol. The predicted molar refractivity (Wildman–Crippen MR) is 92.2 cm³/mol. The highest BCUT2D eigenvalue weighted by Gasteiger charge is 2.11. The molecular formula is C17H22FN5O. The van der Waals surface area contributed by atoms with Crippen molar-refractivity contribution in [3.8, 4) is 11.1 Å². The van der Waals surface area contributed by atoms with Crippen molar-refractivity contribution in [3.05, 3.63) is 36.3 Å². The number of nitrogens with two attached hydrogens (primary N) is 1. The molecule has 2 heterocycles. The molecule has 0 atom stereocenters. The minimum Gasteiger partial charge on any atom is -0.379 e.